The lowest BCUT2D eigenvalue weighted by atomic mass is 9.99. The summed E-state index contributed by atoms with van der Waals surface area (Å²) in [6.45, 7) is 1.96. The van der Waals surface area contributed by atoms with Gasteiger partial charge in [-0.25, -0.2) is 0 Å². The number of hydrogen-bond donors (Lipinski definition) is 2. The Kier molecular flexibility index (Phi) is 2.26. The van der Waals surface area contributed by atoms with Crippen LogP contribution in [0.4, 0.5) is 0 Å². The van der Waals surface area contributed by atoms with Gasteiger partial charge in [0.2, 0.25) is 0 Å². The third kappa shape index (κ3) is 1.63. The molecule has 1 aromatic heterocycles. The van der Waals surface area contributed by atoms with Crippen LogP contribution in [0.2, 0.25) is 0 Å². The minimum absolute atomic E-state index is 0.126. The zero-order valence-corrected chi connectivity index (χ0v) is 8.68. The van der Waals surface area contributed by atoms with Gasteiger partial charge in [-0.2, -0.15) is 5.10 Å². The zero-order chi connectivity index (χ0) is 11.1. The smallest absolute Gasteiger partial charge is 0.323 e. The van der Waals surface area contributed by atoms with Gasteiger partial charge in [0.1, 0.15) is 5.54 Å². The average molecular weight is 209 g/mol. The molecule has 0 amide bonds. The summed E-state index contributed by atoms with van der Waals surface area (Å²) in [6, 6.07) is 2.04. The minimum atomic E-state index is -1.07. The summed E-state index contributed by atoms with van der Waals surface area (Å²) in [6.07, 6.45) is 3.50. The predicted octanol–water partition coefficient (Wildman–Crippen LogP) is 0.699. The summed E-state index contributed by atoms with van der Waals surface area (Å²) in [5.74, 6) is -0.908. The molecule has 3 N–H and O–H groups in total. The van der Waals surface area contributed by atoms with Crippen LogP contribution in [-0.4, -0.2) is 26.4 Å². The molecule has 82 valence electrons. The number of hydrogen-bond acceptors (Lipinski definition) is 3. The number of carboxylic acids is 1. The standard InChI is InChI=1S/C10H15N3O2/c1-7-3-5-12-13(7)8-2-4-10(11,6-8)9(14)15/h3,5,8H,2,4,6,11H2,1H3,(H,14,15). The Balaban J connectivity index is 2.18. The maximum Gasteiger partial charge on any atom is 0.323 e. The monoisotopic (exact) mass is 209 g/mol. The van der Waals surface area contributed by atoms with E-state index in [1.165, 1.54) is 0 Å². The lowest BCUT2D eigenvalue weighted by molar-refractivity contribution is -0.143. The van der Waals surface area contributed by atoms with E-state index < -0.39 is 11.5 Å². The lowest BCUT2D eigenvalue weighted by Gasteiger charge is -2.18. The number of carboxylic acid groups (broad SMARTS) is 1. The molecule has 0 saturated heterocycles. The van der Waals surface area contributed by atoms with E-state index in [4.69, 9.17) is 10.8 Å². The Morgan fingerprint density at radius 3 is 3.00 bits per heavy atom. The highest BCUT2D eigenvalue weighted by Crippen LogP contribution is 2.36. The average Bonchev–Trinajstić information content (AvgIpc) is 2.73. The highest BCUT2D eigenvalue weighted by atomic mass is 16.4. The van der Waals surface area contributed by atoms with Gasteiger partial charge in [0.25, 0.3) is 0 Å². The van der Waals surface area contributed by atoms with E-state index in [1.54, 1.807) is 6.20 Å². The maximum absolute atomic E-state index is 11.0. The first kappa shape index (κ1) is 10.2. The van der Waals surface area contributed by atoms with E-state index in [-0.39, 0.29) is 6.04 Å². The summed E-state index contributed by atoms with van der Waals surface area (Å²) in [5, 5.41) is 13.2. The minimum Gasteiger partial charge on any atom is -0.480 e. The molecule has 1 heterocycles. The van der Waals surface area contributed by atoms with Crippen molar-refractivity contribution in [3.8, 4) is 0 Å². The maximum atomic E-state index is 11.0. The van der Waals surface area contributed by atoms with Crippen LogP contribution in [0.15, 0.2) is 12.3 Å². The van der Waals surface area contributed by atoms with E-state index in [0.29, 0.717) is 12.8 Å². The third-order valence-electron chi connectivity index (χ3n) is 3.16. The van der Waals surface area contributed by atoms with Crippen molar-refractivity contribution in [2.24, 2.45) is 5.73 Å². The fraction of sp³-hybridized carbons (Fsp3) is 0.600. The molecule has 2 atom stereocenters. The molecule has 1 aliphatic rings. The number of nitrogens with zero attached hydrogens (tertiary/aromatic N) is 2. The van der Waals surface area contributed by atoms with Gasteiger partial charge < -0.3 is 10.8 Å². The largest absolute Gasteiger partial charge is 0.480 e. The van der Waals surface area contributed by atoms with Gasteiger partial charge in [-0.05, 0) is 32.3 Å². The van der Waals surface area contributed by atoms with Crippen LogP contribution >= 0.6 is 0 Å². The third-order valence-corrected chi connectivity index (χ3v) is 3.16. The molecule has 0 aromatic carbocycles. The number of aliphatic carboxylic acids is 1. The topological polar surface area (TPSA) is 81.1 Å². The lowest BCUT2D eigenvalue weighted by Crippen LogP contribution is -2.45. The van der Waals surface area contributed by atoms with Crippen LogP contribution in [-0.2, 0) is 4.79 Å². The quantitative estimate of drug-likeness (QED) is 0.751. The highest BCUT2D eigenvalue weighted by molar-refractivity contribution is 5.78. The van der Waals surface area contributed by atoms with Crippen molar-refractivity contribution in [3.63, 3.8) is 0 Å². The van der Waals surface area contributed by atoms with Crippen LogP contribution in [0.3, 0.4) is 0 Å². The molecule has 0 aliphatic heterocycles. The SMILES string of the molecule is Cc1ccnn1C1CCC(N)(C(=O)O)C1. The van der Waals surface area contributed by atoms with Crippen molar-refractivity contribution < 1.29 is 9.90 Å². The summed E-state index contributed by atoms with van der Waals surface area (Å²) in [4.78, 5) is 11.0. The molecule has 1 aliphatic carbocycles. The molecule has 5 nitrogen and oxygen atoms in total. The molecule has 0 spiro atoms. The molecule has 0 bridgehead atoms. The number of aromatic nitrogens is 2. The van der Waals surface area contributed by atoms with E-state index >= 15 is 0 Å². The number of aryl methyl sites for hydroxylation is 1. The number of rotatable bonds is 2. The van der Waals surface area contributed by atoms with Crippen molar-refractivity contribution >= 4 is 5.97 Å². The molecule has 2 unspecified atom stereocenters. The molecule has 1 fully saturated rings. The van der Waals surface area contributed by atoms with Gasteiger partial charge in [0.05, 0.1) is 6.04 Å². The highest BCUT2D eigenvalue weighted by Gasteiger charge is 2.43. The molecule has 1 saturated carbocycles. The first-order valence-electron chi connectivity index (χ1n) is 5.05. The van der Waals surface area contributed by atoms with E-state index in [9.17, 15) is 4.79 Å². The Hall–Kier alpha value is -1.36. The van der Waals surface area contributed by atoms with Crippen molar-refractivity contribution in [2.45, 2.75) is 37.8 Å². The molecule has 5 heteroatoms. The fourth-order valence-electron chi connectivity index (χ4n) is 2.21. The van der Waals surface area contributed by atoms with Crippen LogP contribution in [0.25, 0.3) is 0 Å². The first-order chi connectivity index (χ1) is 7.03. The van der Waals surface area contributed by atoms with Crippen molar-refractivity contribution in [1.29, 1.82) is 0 Å². The molecular weight excluding hydrogens is 194 g/mol. The summed E-state index contributed by atoms with van der Waals surface area (Å²) in [5.41, 5.74) is 5.79. The normalized spacial score (nSPS) is 30.7. The van der Waals surface area contributed by atoms with Crippen LogP contribution in [0.1, 0.15) is 31.0 Å². The Morgan fingerprint density at radius 2 is 2.53 bits per heavy atom. The Labute approximate surface area is 87.9 Å². The van der Waals surface area contributed by atoms with Crippen LogP contribution < -0.4 is 5.73 Å². The van der Waals surface area contributed by atoms with Crippen molar-refractivity contribution in [1.82, 2.24) is 9.78 Å². The first-order valence-corrected chi connectivity index (χ1v) is 5.05. The van der Waals surface area contributed by atoms with Gasteiger partial charge >= 0.3 is 5.97 Å². The van der Waals surface area contributed by atoms with Crippen molar-refractivity contribution in [3.05, 3.63) is 18.0 Å². The molecule has 0 radical (unpaired) electrons. The zero-order valence-electron chi connectivity index (χ0n) is 8.68. The summed E-state index contributed by atoms with van der Waals surface area (Å²) in [7, 11) is 0. The van der Waals surface area contributed by atoms with Gasteiger partial charge in [-0.3, -0.25) is 9.48 Å². The second-order valence-electron chi connectivity index (χ2n) is 4.28. The summed E-state index contributed by atoms with van der Waals surface area (Å²) >= 11 is 0. The molecular formula is C10H15N3O2. The number of carbonyl (C=O) groups is 1. The van der Waals surface area contributed by atoms with Crippen LogP contribution in [0.5, 0.6) is 0 Å². The fourth-order valence-corrected chi connectivity index (χ4v) is 2.21. The Morgan fingerprint density at radius 1 is 1.80 bits per heavy atom. The van der Waals surface area contributed by atoms with Gasteiger partial charge in [-0.1, -0.05) is 0 Å². The van der Waals surface area contributed by atoms with Crippen LogP contribution in [0, 0.1) is 6.92 Å². The van der Waals surface area contributed by atoms with E-state index in [0.717, 1.165) is 12.1 Å². The van der Waals surface area contributed by atoms with Gasteiger partial charge in [0.15, 0.2) is 0 Å². The Bertz CT molecular complexity index is 388. The van der Waals surface area contributed by atoms with Crippen molar-refractivity contribution in [2.75, 3.05) is 0 Å². The number of nitrogens with two attached hydrogens (primary N) is 1. The molecule has 2 rings (SSSR count). The van der Waals surface area contributed by atoms with Gasteiger partial charge in [-0.15, -0.1) is 0 Å². The second kappa shape index (κ2) is 3.34. The van der Waals surface area contributed by atoms with E-state index in [2.05, 4.69) is 5.10 Å². The predicted molar refractivity (Wildman–Crippen MR) is 54.4 cm³/mol. The summed E-state index contributed by atoms with van der Waals surface area (Å²) < 4.78 is 1.87. The van der Waals surface area contributed by atoms with E-state index in [1.807, 2.05) is 17.7 Å². The molecule has 1 aromatic rings. The molecule has 15 heavy (non-hydrogen) atoms. The second-order valence-corrected chi connectivity index (χ2v) is 4.28. The van der Waals surface area contributed by atoms with Gasteiger partial charge in [0, 0.05) is 11.9 Å².